The van der Waals surface area contributed by atoms with E-state index in [4.69, 9.17) is 4.74 Å². The number of methoxy groups -OCH3 is 1. The van der Waals surface area contributed by atoms with Gasteiger partial charge in [0.25, 0.3) is 0 Å². The van der Waals surface area contributed by atoms with Gasteiger partial charge in [-0.3, -0.25) is 19.5 Å². The molecule has 0 spiro atoms. The van der Waals surface area contributed by atoms with Crippen molar-refractivity contribution >= 4 is 17.5 Å². The van der Waals surface area contributed by atoms with E-state index in [1.807, 2.05) is 24.3 Å². The minimum atomic E-state index is -0.683. The Labute approximate surface area is 210 Å². The summed E-state index contributed by atoms with van der Waals surface area (Å²) < 4.78 is 18.4. The molecule has 2 aromatic carbocycles. The number of aromatic nitrogens is 1. The molecule has 0 unspecified atom stereocenters. The van der Waals surface area contributed by atoms with E-state index in [9.17, 15) is 14.0 Å². The van der Waals surface area contributed by atoms with Crippen molar-refractivity contribution in [1.82, 2.24) is 20.5 Å². The Morgan fingerprint density at radius 3 is 2.31 bits per heavy atom. The molecule has 9 heteroatoms. The van der Waals surface area contributed by atoms with Crippen LogP contribution >= 0.6 is 0 Å². The molecule has 1 saturated heterocycles. The molecule has 2 heterocycles. The van der Waals surface area contributed by atoms with E-state index >= 15 is 0 Å². The third-order valence-corrected chi connectivity index (χ3v) is 6.29. The van der Waals surface area contributed by atoms with Crippen LogP contribution in [0, 0.1) is 5.82 Å². The lowest BCUT2D eigenvalue weighted by atomic mass is 10.1. The zero-order chi connectivity index (χ0) is 25.3. The van der Waals surface area contributed by atoms with Crippen molar-refractivity contribution in [3.63, 3.8) is 0 Å². The lowest BCUT2D eigenvalue weighted by molar-refractivity contribution is -0.139. The Balaban J connectivity index is 1.33. The molecule has 4 rings (SSSR count). The van der Waals surface area contributed by atoms with Crippen LogP contribution in [0.1, 0.15) is 17.2 Å². The van der Waals surface area contributed by atoms with Crippen LogP contribution in [-0.2, 0) is 16.1 Å². The van der Waals surface area contributed by atoms with E-state index in [0.717, 1.165) is 48.7 Å². The second kappa shape index (κ2) is 12.1. The summed E-state index contributed by atoms with van der Waals surface area (Å²) in [6.45, 7) is 3.54. The van der Waals surface area contributed by atoms with E-state index in [0.29, 0.717) is 0 Å². The number of ether oxygens (including phenoxy) is 1. The SMILES string of the molecule is COc1ccc(CNC(=O)C(=O)NC[C@H](c2cccnc2)N2CCN(c3ccc(F)cc3)CC2)cc1. The Morgan fingerprint density at radius 1 is 0.972 bits per heavy atom. The number of benzene rings is 2. The topological polar surface area (TPSA) is 86.8 Å². The summed E-state index contributed by atoms with van der Waals surface area (Å²) in [6, 6.07) is 17.5. The molecule has 188 valence electrons. The second-order valence-corrected chi connectivity index (χ2v) is 8.54. The Morgan fingerprint density at radius 2 is 1.67 bits per heavy atom. The first-order chi connectivity index (χ1) is 17.5. The van der Waals surface area contributed by atoms with Gasteiger partial charge in [0.05, 0.1) is 13.2 Å². The van der Waals surface area contributed by atoms with Gasteiger partial charge >= 0.3 is 11.8 Å². The lowest BCUT2D eigenvalue weighted by Gasteiger charge is -2.40. The van der Waals surface area contributed by atoms with Crippen LogP contribution in [-0.4, -0.2) is 61.5 Å². The summed E-state index contributed by atoms with van der Waals surface area (Å²) in [5, 5.41) is 5.44. The van der Waals surface area contributed by atoms with Crippen LogP contribution < -0.4 is 20.3 Å². The maximum absolute atomic E-state index is 13.3. The number of amides is 2. The molecule has 0 radical (unpaired) electrons. The predicted molar refractivity (Wildman–Crippen MR) is 135 cm³/mol. The minimum Gasteiger partial charge on any atom is -0.497 e. The highest BCUT2D eigenvalue weighted by Gasteiger charge is 2.26. The molecule has 2 N–H and O–H groups in total. The van der Waals surface area contributed by atoms with Crippen LogP contribution in [0.15, 0.2) is 73.1 Å². The molecule has 0 bridgehead atoms. The standard InChI is InChI=1S/C27H30FN5O3/c1-36-24-10-4-20(5-11-24)17-30-26(34)27(35)31-19-25(21-3-2-12-29-18-21)33-15-13-32(14-16-33)23-8-6-22(28)7-9-23/h2-12,18,25H,13-17,19H2,1H3,(H,30,34)(H,31,35)/t25-/m1/s1. The molecule has 1 aliphatic heterocycles. The Kier molecular flexibility index (Phi) is 8.46. The van der Waals surface area contributed by atoms with Gasteiger partial charge in [-0.1, -0.05) is 18.2 Å². The zero-order valence-corrected chi connectivity index (χ0v) is 20.2. The smallest absolute Gasteiger partial charge is 0.309 e. The zero-order valence-electron chi connectivity index (χ0n) is 20.2. The van der Waals surface area contributed by atoms with E-state index < -0.39 is 11.8 Å². The number of rotatable bonds is 8. The fourth-order valence-electron chi connectivity index (χ4n) is 4.25. The molecule has 2 amide bonds. The molecule has 1 aliphatic rings. The molecule has 8 nitrogen and oxygen atoms in total. The van der Waals surface area contributed by atoms with Crippen LogP contribution in [0.2, 0.25) is 0 Å². The number of hydrogen-bond acceptors (Lipinski definition) is 6. The van der Waals surface area contributed by atoms with Crippen molar-refractivity contribution in [2.45, 2.75) is 12.6 Å². The fraction of sp³-hybridized carbons (Fsp3) is 0.296. The van der Waals surface area contributed by atoms with Crippen molar-refractivity contribution in [2.24, 2.45) is 0 Å². The quantitative estimate of drug-likeness (QED) is 0.471. The van der Waals surface area contributed by atoms with Crippen LogP contribution in [0.25, 0.3) is 0 Å². The first-order valence-corrected chi connectivity index (χ1v) is 11.9. The van der Waals surface area contributed by atoms with E-state index in [2.05, 4.69) is 25.4 Å². The Bertz CT molecular complexity index is 1130. The molecule has 0 saturated carbocycles. The lowest BCUT2D eigenvalue weighted by Crippen LogP contribution is -2.50. The first kappa shape index (κ1) is 25.1. The first-order valence-electron chi connectivity index (χ1n) is 11.9. The van der Waals surface area contributed by atoms with Gasteiger partial charge < -0.3 is 20.3 Å². The highest BCUT2D eigenvalue weighted by molar-refractivity contribution is 6.35. The van der Waals surface area contributed by atoms with Gasteiger partial charge in [-0.15, -0.1) is 0 Å². The number of pyridine rings is 1. The van der Waals surface area contributed by atoms with Crippen molar-refractivity contribution < 1.29 is 18.7 Å². The van der Waals surface area contributed by atoms with Gasteiger partial charge in [0.1, 0.15) is 11.6 Å². The van der Waals surface area contributed by atoms with E-state index in [1.165, 1.54) is 12.1 Å². The minimum absolute atomic E-state index is 0.132. The van der Waals surface area contributed by atoms with Crippen LogP contribution in [0.3, 0.4) is 0 Å². The number of carbonyl (C=O) groups is 2. The summed E-state index contributed by atoms with van der Waals surface area (Å²) in [5.74, 6) is -0.889. The second-order valence-electron chi connectivity index (χ2n) is 8.54. The number of hydrogen-bond donors (Lipinski definition) is 2. The molecular weight excluding hydrogens is 461 g/mol. The summed E-state index contributed by atoms with van der Waals surface area (Å²) in [4.78, 5) is 33.6. The molecule has 0 aliphatic carbocycles. The average molecular weight is 492 g/mol. The number of halogens is 1. The number of nitrogens with one attached hydrogen (secondary N) is 2. The molecule has 1 atom stereocenters. The molecule has 1 aromatic heterocycles. The number of nitrogens with zero attached hydrogens (tertiary/aromatic N) is 3. The third-order valence-electron chi connectivity index (χ3n) is 6.29. The van der Waals surface area contributed by atoms with Gasteiger partial charge in [0.15, 0.2) is 0 Å². The number of piperazine rings is 1. The van der Waals surface area contributed by atoms with Crippen LogP contribution in [0.5, 0.6) is 5.75 Å². The number of carbonyl (C=O) groups excluding carboxylic acids is 2. The average Bonchev–Trinajstić information content (AvgIpc) is 2.93. The normalized spacial score (nSPS) is 14.7. The van der Waals surface area contributed by atoms with E-state index in [-0.39, 0.29) is 24.9 Å². The highest BCUT2D eigenvalue weighted by atomic mass is 19.1. The Hall–Kier alpha value is -3.98. The number of anilines is 1. The van der Waals surface area contributed by atoms with Crippen molar-refractivity contribution in [1.29, 1.82) is 0 Å². The van der Waals surface area contributed by atoms with Crippen molar-refractivity contribution in [2.75, 3.05) is 44.7 Å². The summed E-state index contributed by atoms with van der Waals surface area (Å²) >= 11 is 0. The molecule has 3 aromatic rings. The maximum Gasteiger partial charge on any atom is 0.309 e. The summed E-state index contributed by atoms with van der Waals surface area (Å²) in [5.41, 5.74) is 2.81. The van der Waals surface area contributed by atoms with Gasteiger partial charge in [0.2, 0.25) is 0 Å². The predicted octanol–water partition coefficient (Wildman–Crippen LogP) is 2.53. The fourth-order valence-corrected chi connectivity index (χ4v) is 4.25. The van der Waals surface area contributed by atoms with Gasteiger partial charge in [-0.25, -0.2) is 4.39 Å². The molecule has 1 fully saturated rings. The molecular formula is C27H30FN5O3. The van der Waals surface area contributed by atoms with Gasteiger partial charge in [-0.05, 0) is 53.6 Å². The summed E-state index contributed by atoms with van der Waals surface area (Å²) in [7, 11) is 1.59. The highest BCUT2D eigenvalue weighted by Crippen LogP contribution is 2.24. The summed E-state index contributed by atoms with van der Waals surface area (Å²) in [6.07, 6.45) is 3.49. The van der Waals surface area contributed by atoms with Crippen LogP contribution in [0.4, 0.5) is 10.1 Å². The monoisotopic (exact) mass is 491 g/mol. The molecule has 36 heavy (non-hydrogen) atoms. The van der Waals surface area contributed by atoms with Crippen molar-refractivity contribution in [3.05, 3.63) is 90.0 Å². The third kappa shape index (κ3) is 6.57. The van der Waals surface area contributed by atoms with E-state index in [1.54, 1.807) is 43.8 Å². The van der Waals surface area contributed by atoms with Crippen molar-refractivity contribution in [3.8, 4) is 5.75 Å². The largest absolute Gasteiger partial charge is 0.497 e. The maximum atomic E-state index is 13.3. The van der Waals surface area contributed by atoms with Gasteiger partial charge in [-0.2, -0.15) is 0 Å². The van der Waals surface area contributed by atoms with Gasteiger partial charge in [0, 0.05) is 57.3 Å².